The number of amides is 1. The van der Waals surface area contributed by atoms with Crippen molar-refractivity contribution in [2.75, 3.05) is 0 Å². The monoisotopic (exact) mass is 261 g/mol. The molecule has 2 aromatic rings. The lowest BCUT2D eigenvalue weighted by molar-refractivity contribution is -0.106. The maximum Gasteiger partial charge on any atom is 0.204 e. The first-order valence-corrected chi connectivity index (χ1v) is 5.51. The average molecular weight is 261 g/mol. The van der Waals surface area contributed by atoms with E-state index in [4.69, 9.17) is 4.79 Å². The van der Waals surface area contributed by atoms with Crippen LogP contribution in [0.25, 0.3) is 0 Å². The van der Waals surface area contributed by atoms with Gasteiger partial charge in [-0.2, -0.15) is 0 Å². The Morgan fingerprint density at radius 3 is 1.89 bits per heavy atom. The third-order valence-electron chi connectivity index (χ3n) is 2.38. The van der Waals surface area contributed by atoms with Crippen LogP contribution in [0.3, 0.4) is 0 Å². The summed E-state index contributed by atoms with van der Waals surface area (Å²) in [5.74, 6) is -1.08. The second-order valence-corrected chi connectivity index (χ2v) is 3.78. The molecule has 0 spiro atoms. The molecule has 0 heterocycles. The van der Waals surface area contributed by atoms with E-state index in [1.54, 1.807) is 0 Å². The highest BCUT2D eigenvalue weighted by atomic mass is 16.3. The number of phenolic OH excluding ortho intramolecular Hbond substituents is 3. The van der Waals surface area contributed by atoms with Gasteiger partial charge in [-0.3, -0.25) is 4.79 Å². The molecule has 0 atom stereocenters. The Bertz CT molecular complexity index is 517. The molecule has 100 valence electrons. The molecule has 0 saturated heterocycles. The van der Waals surface area contributed by atoms with Crippen molar-refractivity contribution in [1.29, 1.82) is 0 Å². The number of nitrogens with two attached hydrogens (primary N) is 1. The van der Waals surface area contributed by atoms with Gasteiger partial charge in [0.15, 0.2) is 17.2 Å². The highest BCUT2D eigenvalue weighted by Crippen LogP contribution is 2.35. The lowest BCUT2D eigenvalue weighted by atomic mass is 10.0. The van der Waals surface area contributed by atoms with Crippen LogP contribution < -0.4 is 5.73 Å². The van der Waals surface area contributed by atoms with Crippen LogP contribution in [0.5, 0.6) is 17.2 Å². The van der Waals surface area contributed by atoms with Crippen LogP contribution in [0.15, 0.2) is 42.5 Å². The summed E-state index contributed by atoms with van der Waals surface area (Å²) >= 11 is 0. The van der Waals surface area contributed by atoms with E-state index in [1.165, 1.54) is 12.1 Å². The number of hydrogen-bond donors (Lipinski definition) is 4. The molecule has 0 aromatic heterocycles. The largest absolute Gasteiger partial charge is 0.504 e. The number of carbonyl (C=O) groups excluding carboxylic acids is 1. The maximum atomic E-state index is 9.35. The zero-order chi connectivity index (χ0) is 14.3. The van der Waals surface area contributed by atoms with Crippen molar-refractivity contribution in [2.45, 2.75) is 6.42 Å². The second-order valence-electron chi connectivity index (χ2n) is 3.78. The minimum Gasteiger partial charge on any atom is -0.504 e. The molecule has 2 rings (SSSR count). The Hall–Kier alpha value is -2.69. The Kier molecular flexibility index (Phi) is 5.22. The van der Waals surface area contributed by atoms with E-state index >= 15 is 0 Å². The topological polar surface area (TPSA) is 104 Å². The summed E-state index contributed by atoms with van der Waals surface area (Å²) in [6, 6.07) is 12.6. The van der Waals surface area contributed by atoms with Gasteiger partial charge >= 0.3 is 0 Å². The van der Waals surface area contributed by atoms with Gasteiger partial charge in [-0.25, -0.2) is 0 Å². The molecule has 1 amide bonds. The minimum absolute atomic E-state index is 0.250. The van der Waals surface area contributed by atoms with Crippen molar-refractivity contribution in [3.05, 3.63) is 53.6 Å². The summed E-state index contributed by atoms with van der Waals surface area (Å²) in [6.07, 6.45) is 0.849. The molecule has 5 N–H and O–H groups in total. The van der Waals surface area contributed by atoms with Gasteiger partial charge < -0.3 is 21.1 Å². The predicted octanol–water partition coefficient (Wildman–Crippen LogP) is 1.50. The lowest BCUT2D eigenvalue weighted by Crippen LogP contribution is -1.87. The number of benzene rings is 2. The third kappa shape index (κ3) is 4.23. The van der Waals surface area contributed by atoms with E-state index in [0.717, 1.165) is 11.1 Å². The van der Waals surface area contributed by atoms with Crippen LogP contribution in [-0.2, 0) is 11.2 Å². The maximum absolute atomic E-state index is 9.35. The smallest absolute Gasteiger partial charge is 0.204 e. The number of carbonyl (C=O) groups is 1. The summed E-state index contributed by atoms with van der Waals surface area (Å²) in [7, 11) is 0. The van der Waals surface area contributed by atoms with Gasteiger partial charge in [0, 0.05) is 0 Å². The van der Waals surface area contributed by atoms with Crippen LogP contribution in [0.2, 0.25) is 0 Å². The van der Waals surface area contributed by atoms with E-state index in [1.807, 2.05) is 30.3 Å². The first kappa shape index (κ1) is 14.4. The van der Waals surface area contributed by atoms with Crippen molar-refractivity contribution in [2.24, 2.45) is 5.73 Å². The molecule has 0 fully saturated rings. The van der Waals surface area contributed by atoms with Crippen LogP contribution >= 0.6 is 0 Å². The van der Waals surface area contributed by atoms with Gasteiger partial charge in [-0.1, -0.05) is 30.3 Å². The molecule has 0 bridgehead atoms. The first-order chi connectivity index (χ1) is 9.08. The summed E-state index contributed by atoms with van der Waals surface area (Å²) in [5.41, 5.74) is 5.99. The Morgan fingerprint density at radius 2 is 1.42 bits per heavy atom. The Balaban J connectivity index is 0.000000550. The number of hydrogen-bond acceptors (Lipinski definition) is 4. The van der Waals surface area contributed by atoms with Crippen LogP contribution in [0.1, 0.15) is 11.1 Å². The van der Waals surface area contributed by atoms with Crippen molar-refractivity contribution in [3.8, 4) is 17.2 Å². The highest BCUT2D eigenvalue weighted by Gasteiger charge is 2.08. The molecule has 2 aromatic carbocycles. The van der Waals surface area contributed by atoms with Gasteiger partial charge in [0.25, 0.3) is 0 Å². The Labute approximate surface area is 110 Å². The van der Waals surface area contributed by atoms with E-state index in [9.17, 15) is 15.3 Å². The van der Waals surface area contributed by atoms with Gasteiger partial charge in [0.1, 0.15) is 0 Å². The van der Waals surface area contributed by atoms with Gasteiger partial charge in [0.2, 0.25) is 6.41 Å². The van der Waals surface area contributed by atoms with Crippen molar-refractivity contribution < 1.29 is 20.1 Å². The fraction of sp³-hybridized carbons (Fsp3) is 0.0714. The number of rotatable bonds is 2. The summed E-state index contributed by atoms with van der Waals surface area (Å²) in [4.78, 5) is 8.58. The van der Waals surface area contributed by atoms with Crippen LogP contribution in [0, 0.1) is 0 Å². The van der Waals surface area contributed by atoms with E-state index in [-0.39, 0.29) is 17.9 Å². The molecule has 0 radical (unpaired) electrons. The second kappa shape index (κ2) is 6.90. The molecule has 0 saturated carbocycles. The lowest BCUT2D eigenvalue weighted by Gasteiger charge is -2.05. The summed E-state index contributed by atoms with van der Waals surface area (Å²) in [5, 5.41) is 27.9. The molecular weight excluding hydrogens is 246 g/mol. The van der Waals surface area contributed by atoms with Crippen molar-refractivity contribution in [3.63, 3.8) is 0 Å². The van der Waals surface area contributed by atoms with Gasteiger partial charge in [-0.05, 0) is 29.7 Å². The van der Waals surface area contributed by atoms with E-state index in [0.29, 0.717) is 6.42 Å². The van der Waals surface area contributed by atoms with Gasteiger partial charge in [0.05, 0.1) is 0 Å². The van der Waals surface area contributed by atoms with Crippen molar-refractivity contribution >= 4 is 6.41 Å². The standard InChI is InChI=1S/C13H12O3.CH3NO/c14-11-7-10(8-12(15)13(11)16)6-9-4-2-1-3-5-9;2-1-3/h1-5,7-8,14-16H,6H2;1H,(H2,2,3). The zero-order valence-corrected chi connectivity index (χ0v) is 10.2. The molecule has 0 aliphatic heterocycles. The zero-order valence-electron chi connectivity index (χ0n) is 10.2. The molecule has 0 aliphatic carbocycles. The van der Waals surface area contributed by atoms with Crippen LogP contribution in [0.4, 0.5) is 0 Å². The summed E-state index contributed by atoms with van der Waals surface area (Å²) in [6.45, 7) is 0. The SMILES string of the molecule is NC=O.Oc1cc(Cc2ccccc2)cc(O)c1O. The molecule has 5 heteroatoms. The van der Waals surface area contributed by atoms with E-state index < -0.39 is 5.75 Å². The first-order valence-electron chi connectivity index (χ1n) is 5.51. The normalized spacial score (nSPS) is 9.26. The van der Waals surface area contributed by atoms with E-state index in [2.05, 4.69) is 5.73 Å². The average Bonchev–Trinajstić information content (AvgIpc) is 2.38. The highest BCUT2D eigenvalue weighted by molar-refractivity contribution is 5.51. The van der Waals surface area contributed by atoms with Gasteiger partial charge in [-0.15, -0.1) is 0 Å². The quantitative estimate of drug-likeness (QED) is 0.485. The molecule has 5 nitrogen and oxygen atoms in total. The molecular formula is C14H15NO4. The van der Waals surface area contributed by atoms with Crippen molar-refractivity contribution in [1.82, 2.24) is 0 Å². The summed E-state index contributed by atoms with van der Waals surface area (Å²) < 4.78 is 0. The predicted molar refractivity (Wildman–Crippen MR) is 70.9 cm³/mol. The number of aromatic hydroxyl groups is 3. The molecule has 0 aliphatic rings. The number of phenols is 3. The minimum atomic E-state index is -0.475. The molecule has 19 heavy (non-hydrogen) atoms. The third-order valence-corrected chi connectivity index (χ3v) is 2.38. The molecule has 0 unspecified atom stereocenters. The fourth-order valence-corrected chi connectivity index (χ4v) is 1.59. The Morgan fingerprint density at radius 1 is 0.947 bits per heavy atom. The fourth-order valence-electron chi connectivity index (χ4n) is 1.59. The number of primary amides is 1. The van der Waals surface area contributed by atoms with Crippen LogP contribution in [-0.4, -0.2) is 21.7 Å².